The molecular formula is C128H117N9O3Pt3. The summed E-state index contributed by atoms with van der Waals surface area (Å²) in [6, 6.07) is 107. The summed E-state index contributed by atoms with van der Waals surface area (Å²) < 4.78 is 19.4. The zero-order valence-corrected chi connectivity index (χ0v) is 92.5. The quantitative estimate of drug-likeness (QED) is 0.152. The van der Waals surface area contributed by atoms with E-state index in [0.29, 0.717) is 34.9 Å². The number of ether oxygens (including phenoxy) is 3. The molecule has 23 rings (SSSR count). The normalized spacial score (nSPS) is 12.8. The second kappa shape index (κ2) is 37.1. The standard InChI is InChI=1S/C46H43N3O.C42H35N3O.C40H39N3O.3Pt/c1-44(2,3)30-18-29-19-33(22-30)50-41-17-13-16-38(48-41)36-25-31(45(4,5)6)23-34-35-24-32(46(7,8)9)26-37(43(35)49-42(34)36)40-21-28(20-39(29)47-40)27-14-11-10-12-15-27;1-41(2,3)28-21-31-32-22-29(42(4,5)6)24-34-37-20-27(25-12-8-7-9-13-25)19-36(43-37)26-14-10-15-30(18-26)46-38-17-11-16-35(44-38)33(23-28)39(31)45-40(32)34;1-38(2,3)24-16-23-17-27(18-24)44-35-15-11-14-34(42-35)31-22-26(40(7,8)9)20-29-28-19-25(39(4,5)6)21-30(36(28)43-37(29)31)33-13-10-12-32(23)41-33;;;/h10-18,20-26H,1-9H3;7-17,19-24H,1-6H3;10-16,18-22H,1-9H3;;;/q3*-2;3*+2. The molecule has 0 amide bonds. The van der Waals surface area contributed by atoms with E-state index < -0.39 is 0 Å². The fourth-order valence-corrected chi connectivity index (χ4v) is 19.0. The Morgan fingerprint density at radius 3 is 0.741 bits per heavy atom. The number of fused-ring (bicyclic) bond motifs is 30. The maximum Gasteiger partial charge on any atom is 2.00 e. The van der Waals surface area contributed by atoms with Crippen molar-refractivity contribution in [1.29, 1.82) is 0 Å². The van der Waals surface area contributed by atoms with Gasteiger partial charge in [0.2, 0.25) is 17.6 Å². The van der Waals surface area contributed by atoms with Crippen LogP contribution in [0.15, 0.2) is 273 Å². The monoisotopic (exact) mass is 2410 g/mol. The maximum absolute atomic E-state index is 6.58. The third kappa shape index (κ3) is 19.8. The molecule has 143 heavy (non-hydrogen) atoms. The Kier molecular flexibility index (Phi) is 26.0. The molecule has 3 aliphatic rings. The molecule has 12 nitrogen and oxygen atoms in total. The Morgan fingerprint density at radius 1 is 0.189 bits per heavy atom. The van der Waals surface area contributed by atoms with E-state index in [9.17, 15) is 0 Å². The van der Waals surface area contributed by atoms with Gasteiger partial charge < -0.3 is 29.2 Å². The first-order chi connectivity index (χ1) is 66.3. The van der Waals surface area contributed by atoms with Crippen LogP contribution in [0.3, 0.4) is 0 Å². The van der Waals surface area contributed by atoms with Gasteiger partial charge in [-0.3, -0.25) is 15.0 Å². The maximum atomic E-state index is 6.58. The molecule has 20 aromatic rings. The number of nitrogens with zero attached hydrogens (tertiary/aromatic N) is 9. The van der Waals surface area contributed by atoms with Gasteiger partial charge in [-0.1, -0.05) is 372 Å². The topological polar surface area (TPSA) is 147 Å². The molecule has 24 bridgehead atoms. The van der Waals surface area contributed by atoms with Crippen LogP contribution < -0.4 is 29.2 Å². The Bertz CT molecular complexity index is 8420. The Balaban J connectivity index is 0.000000140. The summed E-state index contributed by atoms with van der Waals surface area (Å²) in [6.07, 6.45) is 0. The van der Waals surface area contributed by atoms with E-state index in [2.05, 4.69) is 391 Å². The molecule has 0 unspecified atom stereocenters. The van der Waals surface area contributed by atoms with Crippen molar-refractivity contribution < 1.29 is 77.4 Å². The molecule has 15 heteroatoms. The number of pyridine rings is 6. The summed E-state index contributed by atoms with van der Waals surface area (Å²) in [6.45, 7) is 54.0. The van der Waals surface area contributed by atoms with Crippen LogP contribution in [-0.4, -0.2) is 29.9 Å². The zero-order chi connectivity index (χ0) is 98.1. The van der Waals surface area contributed by atoms with Crippen molar-refractivity contribution in [2.75, 3.05) is 0 Å². The van der Waals surface area contributed by atoms with E-state index in [-0.39, 0.29) is 107 Å². The van der Waals surface area contributed by atoms with Crippen molar-refractivity contribution in [3.63, 3.8) is 0 Å². The molecule has 0 radical (unpaired) electrons. The molecule has 9 aromatic heterocycles. The van der Waals surface area contributed by atoms with E-state index in [0.717, 1.165) is 200 Å². The van der Waals surface area contributed by atoms with Gasteiger partial charge in [0.25, 0.3) is 0 Å². The molecule has 0 spiro atoms. The van der Waals surface area contributed by atoms with E-state index in [4.69, 9.17) is 59.1 Å². The number of aromatic nitrogens is 9. The summed E-state index contributed by atoms with van der Waals surface area (Å²) in [5.41, 5.74) is 35.3. The summed E-state index contributed by atoms with van der Waals surface area (Å²) in [4.78, 5) is 47.5. The molecule has 0 saturated heterocycles. The molecule has 0 atom stereocenters. The van der Waals surface area contributed by atoms with E-state index in [1.165, 1.54) is 33.4 Å². The molecule has 0 N–H and O–H groups in total. The molecule has 0 aliphatic carbocycles. The predicted octanol–water partition coefficient (Wildman–Crippen LogP) is 33.6. The predicted molar refractivity (Wildman–Crippen MR) is 577 cm³/mol. The minimum Gasteiger partial charge on any atom is -0.656 e. The van der Waals surface area contributed by atoms with E-state index in [1.807, 2.05) is 66.7 Å². The van der Waals surface area contributed by atoms with Crippen LogP contribution in [0, 0.1) is 18.2 Å². The van der Waals surface area contributed by atoms with Gasteiger partial charge in [-0.2, -0.15) is 0 Å². The van der Waals surface area contributed by atoms with Gasteiger partial charge in [-0.05, 0) is 218 Å². The third-order valence-corrected chi connectivity index (χ3v) is 27.5. The molecule has 722 valence electrons. The van der Waals surface area contributed by atoms with Crippen LogP contribution in [0.4, 0.5) is 0 Å². The van der Waals surface area contributed by atoms with E-state index in [1.54, 1.807) is 0 Å². The van der Waals surface area contributed by atoms with Gasteiger partial charge >= 0.3 is 63.2 Å². The van der Waals surface area contributed by atoms with Gasteiger partial charge in [-0.15, -0.1) is 91.2 Å². The smallest absolute Gasteiger partial charge is 0.656 e. The Hall–Kier alpha value is -12.8. The second-order valence-electron chi connectivity index (χ2n) is 46.4. The average molecular weight is 2410 g/mol. The SMILES string of the molecule is CC(C)(C)c1cc2[c-]c(c1)-c1cc(-c3ccccc3)cc(n1)-c1cc(C(C)(C)C)cc3c1[n-]c1c(cc(C(C)(C)C)cc13)-c1cccc(n1)O2.CC(C)(C)c1cc2[c-]c(c1)-c1cccc(n1)-c1cc(C(C)(C)C)cc3c1[n-]c1c(cc(C(C)(C)C)cc13)-c1cccc(n1)O2.CC(C)(C)c1cc2c3[n-]c4c(cc(C(C)(C)C)cc4c3c1)-c1cc(-c3ccccc3)cc(n1)-c1[c-]c(ccc1)Oc1cccc-2n1.[Pt+2].[Pt+2].[Pt+2]. The Labute approximate surface area is 883 Å². The van der Waals surface area contributed by atoms with Gasteiger partial charge in [0.05, 0.1) is 34.2 Å². The summed E-state index contributed by atoms with van der Waals surface area (Å²) >= 11 is 0. The van der Waals surface area contributed by atoms with Crippen molar-refractivity contribution in [3.05, 3.63) is 336 Å². The van der Waals surface area contributed by atoms with Crippen molar-refractivity contribution in [1.82, 2.24) is 44.9 Å². The largest absolute Gasteiger partial charge is 2.00 e. The zero-order valence-electron chi connectivity index (χ0n) is 85.7. The number of hydrogen-bond acceptors (Lipinski definition) is 9. The van der Waals surface area contributed by atoms with Crippen molar-refractivity contribution in [3.8, 4) is 158 Å². The van der Waals surface area contributed by atoms with Crippen molar-refractivity contribution in [2.45, 2.75) is 209 Å². The Morgan fingerprint density at radius 2 is 0.427 bits per heavy atom. The third-order valence-electron chi connectivity index (χ3n) is 27.5. The first-order valence-corrected chi connectivity index (χ1v) is 48.8. The minimum absolute atomic E-state index is 0. The van der Waals surface area contributed by atoms with Gasteiger partial charge in [0.15, 0.2) is 0 Å². The van der Waals surface area contributed by atoms with Gasteiger partial charge in [-0.25, -0.2) is 15.0 Å². The summed E-state index contributed by atoms with van der Waals surface area (Å²) in [5, 5.41) is 6.80. The number of rotatable bonds is 2. The number of benzene rings is 11. The first-order valence-electron chi connectivity index (χ1n) is 48.8. The number of hydrogen-bond donors (Lipinski definition) is 0. The molecule has 0 fully saturated rings. The van der Waals surface area contributed by atoms with Crippen LogP contribution in [0.2, 0.25) is 0 Å². The van der Waals surface area contributed by atoms with Crippen LogP contribution in [0.1, 0.15) is 211 Å². The second-order valence-corrected chi connectivity index (χ2v) is 46.4. The molecule has 3 aliphatic heterocycles. The molecule has 11 aromatic carbocycles. The van der Waals surface area contributed by atoms with Crippen LogP contribution >= 0.6 is 0 Å². The molecular weight excluding hydrogens is 2300 g/mol. The summed E-state index contributed by atoms with van der Waals surface area (Å²) in [7, 11) is 0. The van der Waals surface area contributed by atoms with Crippen molar-refractivity contribution >= 4 is 65.4 Å². The molecule has 12 heterocycles. The summed E-state index contributed by atoms with van der Waals surface area (Å²) in [5.74, 6) is 3.36. The molecule has 0 saturated carbocycles. The van der Waals surface area contributed by atoms with Crippen molar-refractivity contribution in [2.24, 2.45) is 0 Å². The first kappa shape index (κ1) is 100. The van der Waals surface area contributed by atoms with E-state index >= 15 is 0 Å². The fourth-order valence-electron chi connectivity index (χ4n) is 19.0. The average Bonchev–Trinajstić information content (AvgIpc) is 1.59. The van der Waals surface area contributed by atoms with Gasteiger partial charge in [0, 0.05) is 35.4 Å². The van der Waals surface area contributed by atoms with Crippen LogP contribution in [-0.2, 0) is 107 Å². The van der Waals surface area contributed by atoms with Crippen LogP contribution in [0.5, 0.6) is 34.9 Å². The minimum atomic E-state index is -0.137. The van der Waals surface area contributed by atoms with Crippen LogP contribution in [0.25, 0.3) is 189 Å². The fraction of sp³-hybridized carbons (Fsp3) is 0.250. The van der Waals surface area contributed by atoms with Gasteiger partial charge in [0.1, 0.15) is 0 Å².